The zero-order chi connectivity index (χ0) is 13.6. The summed E-state index contributed by atoms with van der Waals surface area (Å²) in [6, 6.07) is 0. The third-order valence-corrected chi connectivity index (χ3v) is 5.10. The standard InChI is InChI=1S/C13H22BNO2S/c1-9-10(2)18-11(15-9)7-8-14-16-12(3,4)13(5,6)17-14/h7-8H2,1-6H3. The van der Waals surface area contributed by atoms with Crippen LogP contribution in [0.1, 0.15) is 43.3 Å². The van der Waals surface area contributed by atoms with Crippen molar-refractivity contribution < 1.29 is 9.31 Å². The van der Waals surface area contributed by atoms with Gasteiger partial charge in [0.25, 0.3) is 0 Å². The van der Waals surface area contributed by atoms with Crippen molar-refractivity contribution in [2.24, 2.45) is 0 Å². The minimum absolute atomic E-state index is 0.112. The number of aromatic nitrogens is 1. The van der Waals surface area contributed by atoms with Crippen LogP contribution < -0.4 is 0 Å². The van der Waals surface area contributed by atoms with Crippen LogP contribution in [-0.4, -0.2) is 23.3 Å². The van der Waals surface area contributed by atoms with Crippen molar-refractivity contribution in [3.05, 3.63) is 15.6 Å². The van der Waals surface area contributed by atoms with Crippen LogP contribution in [0.4, 0.5) is 0 Å². The van der Waals surface area contributed by atoms with E-state index in [1.165, 1.54) is 9.88 Å². The smallest absolute Gasteiger partial charge is 0.403 e. The molecule has 0 aromatic carbocycles. The molecular formula is C13H22BNO2S. The fraction of sp³-hybridized carbons (Fsp3) is 0.769. The molecule has 0 unspecified atom stereocenters. The van der Waals surface area contributed by atoms with Crippen LogP contribution in [0.5, 0.6) is 0 Å². The van der Waals surface area contributed by atoms with Gasteiger partial charge in [-0.3, -0.25) is 0 Å². The summed E-state index contributed by atoms with van der Waals surface area (Å²) in [5, 5.41) is 1.18. The van der Waals surface area contributed by atoms with E-state index in [0.717, 1.165) is 18.4 Å². The van der Waals surface area contributed by atoms with Gasteiger partial charge in [-0.1, -0.05) is 0 Å². The van der Waals surface area contributed by atoms with Gasteiger partial charge in [-0.05, 0) is 54.3 Å². The van der Waals surface area contributed by atoms with Crippen LogP contribution in [-0.2, 0) is 15.7 Å². The number of nitrogens with zero attached hydrogens (tertiary/aromatic N) is 1. The Morgan fingerprint density at radius 1 is 1.11 bits per heavy atom. The van der Waals surface area contributed by atoms with Gasteiger partial charge in [0.2, 0.25) is 0 Å². The Bertz CT molecular complexity index is 407. The average molecular weight is 267 g/mol. The minimum Gasteiger partial charge on any atom is -0.403 e. The van der Waals surface area contributed by atoms with E-state index in [2.05, 4.69) is 46.5 Å². The summed E-state index contributed by atoms with van der Waals surface area (Å²) >= 11 is 1.78. The molecule has 1 fully saturated rings. The van der Waals surface area contributed by atoms with E-state index in [9.17, 15) is 0 Å². The van der Waals surface area contributed by atoms with Crippen LogP contribution in [0.3, 0.4) is 0 Å². The lowest BCUT2D eigenvalue weighted by Gasteiger charge is -2.32. The lowest BCUT2D eigenvalue weighted by Crippen LogP contribution is -2.41. The molecule has 0 saturated carbocycles. The molecule has 1 aromatic heterocycles. The Morgan fingerprint density at radius 2 is 1.67 bits per heavy atom. The van der Waals surface area contributed by atoms with Crippen molar-refractivity contribution in [2.75, 3.05) is 0 Å². The Hall–Kier alpha value is -0.385. The van der Waals surface area contributed by atoms with Crippen LogP contribution in [0, 0.1) is 13.8 Å². The highest BCUT2D eigenvalue weighted by Gasteiger charge is 2.50. The van der Waals surface area contributed by atoms with Crippen molar-refractivity contribution in [3.8, 4) is 0 Å². The summed E-state index contributed by atoms with van der Waals surface area (Å²) in [5.74, 6) is 0. The quantitative estimate of drug-likeness (QED) is 0.786. The molecular weight excluding hydrogens is 245 g/mol. The Balaban J connectivity index is 1.93. The van der Waals surface area contributed by atoms with Crippen molar-refractivity contribution >= 4 is 18.5 Å². The number of thiazole rings is 1. The third kappa shape index (κ3) is 2.63. The molecule has 2 heterocycles. The van der Waals surface area contributed by atoms with Gasteiger partial charge in [0.1, 0.15) is 0 Å². The molecule has 1 saturated heterocycles. The lowest BCUT2D eigenvalue weighted by molar-refractivity contribution is 0.00578. The zero-order valence-electron chi connectivity index (χ0n) is 12.2. The number of hydrogen-bond acceptors (Lipinski definition) is 4. The van der Waals surface area contributed by atoms with Gasteiger partial charge in [-0.25, -0.2) is 4.98 Å². The van der Waals surface area contributed by atoms with Gasteiger partial charge in [-0.15, -0.1) is 11.3 Å². The summed E-state index contributed by atoms with van der Waals surface area (Å²) in [6.45, 7) is 12.5. The lowest BCUT2D eigenvalue weighted by atomic mass is 9.83. The van der Waals surface area contributed by atoms with Crippen LogP contribution in [0.15, 0.2) is 0 Å². The van der Waals surface area contributed by atoms with Crippen LogP contribution >= 0.6 is 11.3 Å². The summed E-state index contributed by atoms with van der Waals surface area (Å²) < 4.78 is 12.0. The second-order valence-corrected chi connectivity index (χ2v) is 7.26. The molecule has 0 radical (unpaired) electrons. The van der Waals surface area contributed by atoms with E-state index in [-0.39, 0.29) is 18.3 Å². The normalized spacial score (nSPS) is 21.6. The van der Waals surface area contributed by atoms with Crippen molar-refractivity contribution in [1.82, 2.24) is 4.98 Å². The molecule has 1 aliphatic rings. The molecule has 5 heteroatoms. The third-order valence-electron chi connectivity index (χ3n) is 3.97. The molecule has 2 rings (SSSR count). The Morgan fingerprint density at radius 3 is 2.11 bits per heavy atom. The van der Waals surface area contributed by atoms with Crippen LogP contribution in [0.2, 0.25) is 6.32 Å². The van der Waals surface area contributed by atoms with E-state index in [1.54, 1.807) is 11.3 Å². The maximum atomic E-state index is 5.98. The molecule has 3 nitrogen and oxygen atoms in total. The van der Waals surface area contributed by atoms with E-state index in [0.29, 0.717) is 0 Å². The minimum atomic E-state index is -0.230. The molecule has 0 bridgehead atoms. The highest BCUT2D eigenvalue weighted by molar-refractivity contribution is 7.11. The number of rotatable bonds is 3. The number of hydrogen-bond donors (Lipinski definition) is 0. The molecule has 0 atom stereocenters. The molecule has 1 aromatic rings. The van der Waals surface area contributed by atoms with Gasteiger partial charge in [-0.2, -0.15) is 0 Å². The molecule has 100 valence electrons. The second kappa shape index (κ2) is 4.62. The number of aryl methyl sites for hydroxylation is 3. The first-order valence-electron chi connectivity index (χ1n) is 6.50. The van der Waals surface area contributed by atoms with Gasteiger partial charge >= 0.3 is 7.12 Å². The van der Waals surface area contributed by atoms with Crippen molar-refractivity contribution in [2.45, 2.75) is 65.5 Å². The summed E-state index contributed by atoms with van der Waals surface area (Å²) in [6.07, 6.45) is 1.80. The largest absolute Gasteiger partial charge is 0.458 e. The Kier molecular flexibility index (Phi) is 3.60. The van der Waals surface area contributed by atoms with Crippen molar-refractivity contribution in [1.29, 1.82) is 0 Å². The van der Waals surface area contributed by atoms with Crippen molar-refractivity contribution in [3.63, 3.8) is 0 Å². The zero-order valence-corrected chi connectivity index (χ0v) is 13.0. The van der Waals surface area contributed by atoms with Gasteiger partial charge in [0, 0.05) is 4.88 Å². The maximum Gasteiger partial charge on any atom is 0.458 e. The molecule has 0 N–H and O–H groups in total. The predicted octanol–water partition coefficient (Wildman–Crippen LogP) is 3.39. The molecule has 0 aliphatic carbocycles. The summed E-state index contributed by atoms with van der Waals surface area (Å²) in [7, 11) is -0.112. The Labute approximate surface area is 114 Å². The average Bonchev–Trinajstić information content (AvgIpc) is 2.63. The van der Waals surface area contributed by atoms with Crippen LogP contribution in [0.25, 0.3) is 0 Å². The van der Waals surface area contributed by atoms with Gasteiger partial charge in [0.05, 0.1) is 21.9 Å². The first-order chi connectivity index (χ1) is 8.21. The van der Waals surface area contributed by atoms with E-state index in [1.807, 2.05) is 0 Å². The molecule has 1 aliphatic heterocycles. The monoisotopic (exact) mass is 267 g/mol. The molecule has 18 heavy (non-hydrogen) atoms. The first kappa shape index (κ1) is 14.0. The van der Waals surface area contributed by atoms with E-state index >= 15 is 0 Å². The highest BCUT2D eigenvalue weighted by Crippen LogP contribution is 2.38. The highest BCUT2D eigenvalue weighted by atomic mass is 32.1. The van der Waals surface area contributed by atoms with Gasteiger partial charge < -0.3 is 9.31 Å². The SMILES string of the molecule is Cc1nc(CCB2OC(C)(C)C(C)(C)O2)sc1C. The fourth-order valence-electron chi connectivity index (χ4n) is 1.97. The maximum absolute atomic E-state index is 5.98. The predicted molar refractivity (Wildman–Crippen MR) is 76.2 cm³/mol. The first-order valence-corrected chi connectivity index (χ1v) is 7.31. The van der Waals surface area contributed by atoms with Gasteiger partial charge in [0.15, 0.2) is 0 Å². The molecule has 0 amide bonds. The molecule has 0 spiro atoms. The summed E-state index contributed by atoms with van der Waals surface area (Å²) in [4.78, 5) is 5.86. The fourth-order valence-corrected chi connectivity index (χ4v) is 2.92. The van der Waals surface area contributed by atoms with E-state index in [4.69, 9.17) is 9.31 Å². The second-order valence-electron chi connectivity index (χ2n) is 5.97. The summed E-state index contributed by atoms with van der Waals surface area (Å²) in [5.41, 5.74) is 0.683. The van der Waals surface area contributed by atoms with E-state index < -0.39 is 0 Å². The topological polar surface area (TPSA) is 31.4 Å².